The minimum atomic E-state index is -1.21. The van der Waals surface area contributed by atoms with Crippen LogP contribution in [0, 0.1) is 11.6 Å². The second-order valence-corrected chi connectivity index (χ2v) is 7.88. The highest BCUT2D eigenvalue weighted by Crippen LogP contribution is 2.44. The lowest BCUT2D eigenvalue weighted by Gasteiger charge is -2.14. The van der Waals surface area contributed by atoms with E-state index in [0.717, 1.165) is 5.39 Å². The number of hydrogen-bond donors (Lipinski definition) is 4. The average molecular weight is 419 g/mol. The van der Waals surface area contributed by atoms with Gasteiger partial charge in [-0.05, 0) is 47.9 Å². The van der Waals surface area contributed by atoms with Gasteiger partial charge in [0.2, 0.25) is 0 Å². The fourth-order valence-corrected chi connectivity index (χ4v) is 4.42. The molecule has 0 aliphatic heterocycles. The number of fused-ring (bicyclic) bond motifs is 2. The first kappa shape index (κ1) is 19.1. The Morgan fingerprint density at radius 3 is 2.35 bits per heavy atom. The maximum absolute atomic E-state index is 15.2. The molecule has 0 fully saturated rings. The molecule has 3 heterocycles. The number of carboxylic acids is 1. The van der Waals surface area contributed by atoms with E-state index in [0.29, 0.717) is 33.2 Å². The third-order valence-corrected chi connectivity index (χ3v) is 5.67. The molecule has 0 aliphatic carbocycles. The van der Waals surface area contributed by atoms with Gasteiger partial charge < -0.3 is 20.1 Å². The zero-order valence-corrected chi connectivity index (χ0v) is 16.8. The quantitative estimate of drug-likeness (QED) is 0.271. The summed E-state index contributed by atoms with van der Waals surface area (Å²) in [7, 11) is 0. The molecular formula is C24H19F2N3O2. The van der Waals surface area contributed by atoms with E-state index in [1.165, 1.54) is 18.2 Å². The van der Waals surface area contributed by atoms with Crippen LogP contribution in [0.1, 0.15) is 35.8 Å². The van der Waals surface area contributed by atoms with Gasteiger partial charge in [0.1, 0.15) is 17.3 Å². The third-order valence-electron chi connectivity index (χ3n) is 5.67. The van der Waals surface area contributed by atoms with E-state index in [4.69, 9.17) is 0 Å². The van der Waals surface area contributed by atoms with Crippen LogP contribution in [0.4, 0.5) is 8.78 Å². The Kier molecular flexibility index (Phi) is 4.22. The fourth-order valence-electron chi connectivity index (χ4n) is 4.42. The van der Waals surface area contributed by atoms with Crippen LogP contribution >= 0.6 is 0 Å². The number of benzene rings is 2. The van der Waals surface area contributed by atoms with Gasteiger partial charge >= 0.3 is 5.97 Å². The van der Waals surface area contributed by atoms with Crippen molar-refractivity contribution in [3.05, 3.63) is 71.7 Å². The van der Waals surface area contributed by atoms with Gasteiger partial charge in [0.25, 0.3) is 0 Å². The molecule has 4 N–H and O–H groups in total. The fraction of sp³-hybridized carbons (Fsp3) is 0.125. The molecule has 0 aliphatic rings. The molecule has 0 spiro atoms. The van der Waals surface area contributed by atoms with Crippen molar-refractivity contribution in [3.63, 3.8) is 0 Å². The molecular weight excluding hydrogens is 400 g/mol. The maximum atomic E-state index is 15.2. The van der Waals surface area contributed by atoms with Gasteiger partial charge in [0.15, 0.2) is 0 Å². The molecule has 0 saturated carbocycles. The molecule has 3 aromatic heterocycles. The molecule has 2 aromatic carbocycles. The molecule has 5 aromatic rings. The second-order valence-electron chi connectivity index (χ2n) is 7.88. The summed E-state index contributed by atoms with van der Waals surface area (Å²) in [5.74, 6) is -2.35. The summed E-state index contributed by atoms with van der Waals surface area (Å²) >= 11 is 0. The topological polar surface area (TPSA) is 84.7 Å². The molecule has 0 unspecified atom stereocenters. The highest BCUT2D eigenvalue weighted by Gasteiger charge is 2.29. The monoisotopic (exact) mass is 419 g/mol. The molecule has 0 radical (unpaired) electrons. The van der Waals surface area contributed by atoms with Gasteiger partial charge in [0, 0.05) is 50.9 Å². The van der Waals surface area contributed by atoms with Gasteiger partial charge in [-0.1, -0.05) is 13.8 Å². The van der Waals surface area contributed by atoms with Crippen LogP contribution < -0.4 is 0 Å². The van der Waals surface area contributed by atoms with Crippen molar-refractivity contribution in [1.29, 1.82) is 0 Å². The predicted octanol–water partition coefficient (Wildman–Crippen LogP) is 6.41. The van der Waals surface area contributed by atoms with Crippen LogP contribution in [-0.2, 0) is 0 Å². The minimum absolute atomic E-state index is 0.126. The summed E-state index contributed by atoms with van der Waals surface area (Å²) in [5.41, 5.74) is 3.28. The Morgan fingerprint density at radius 2 is 1.65 bits per heavy atom. The lowest BCUT2D eigenvalue weighted by Crippen LogP contribution is -2.01. The van der Waals surface area contributed by atoms with Crippen molar-refractivity contribution >= 4 is 27.8 Å². The Bertz CT molecular complexity index is 1470. The van der Waals surface area contributed by atoms with Crippen LogP contribution in [-0.4, -0.2) is 26.0 Å². The number of nitrogens with one attached hydrogen (secondary N) is 3. The van der Waals surface area contributed by atoms with Gasteiger partial charge in [-0.25, -0.2) is 13.6 Å². The minimum Gasteiger partial charge on any atom is -0.477 e. The van der Waals surface area contributed by atoms with Crippen LogP contribution in [0.25, 0.3) is 44.2 Å². The average Bonchev–Trinajstić information content (AvgIpc) is 3.44. The van der Waals surface area contributed by atoms with Gasteiger partial charge in [-0.2, -0.15) is 0 Å². The second kappa shape index (κ2) is 6.84. The summed E-state index contributed by atoms with van der Waals surface area (Å²) < 4.78 is 29.6. The van der Waals surface area contributed by atoms with Crippen molar-refractivity contribution in [1.82, 2.24) is 15.0 Å². The van der Waals surface area contributed by atoms with Gasteiger partial charge in [-0.15, -0.1) is 0 Å². The van der Waals surface area contributed by atoms with E-state index in [-0.39, 0.29) is 22.7 Å². The van der Waals surface area contributed by atoms with Crippen LogP contribution in [0.5, 0.6) is 0 Å². The molecule has 0 bridgehead atoms. The summed E-state index contributed by atoms with van der Waals surface area (Å²) in [4.78, 5) is 21.3. The number of hydrogen-bond acceptors (Lipinski definition) is 1. The molecule has 31 heavy (non-hydrogen) atoms. The van der Waals surface area contributed by atoms with E-state index in [1.807, 2.05) is 19.9 Å². The first-order chi connectivity index (χ1) is 14.9. The lowest BCUT2D eigenvalue weighted by molar-refractivity contribution is 0.0692. The van der Waals surface area contributed by atoms with E-state index < -0.39 is 17.6 Å². The Hall–Kier alpha value is -3.87. The van der Waals surface area contributed by atoms with Gasteiger partial charge in [0.05, 0.1) is 5.69 Å². The van der Waals surface area contributed by atoms with Crippen molar-refractivity contribution in [2.45, 2.75) is 19.8 Å². The number of H-pyrrole nitrogens is 3. The summed E-state index contributed by atoms with van der Waals surface area (Å²) in [6.45, 7) is 3.81. The van der Waals surface area contributed by atoms with Crippen molar-refractivity contribution in [2.75, 3.05) is 0 Å². The zero-order chi connectivity index (χ0) is 21.9. The number of aromatic nitrogens is 3. The van der Waals surface area contributed by atoms with E-state index in [1.54, 1.807) is 24.5 Å². The number of aromatic carboxylic acids is 1. The van der Waals surface area contributed by atoms with E-state index in [9.17, 15) is 14.3 Å². The van der Waals surface area contributed by atoms with E-state index >= 15 is 4.39 Å². The third kappa shape index (κ3) is 2.84. The van der Waals surface area contributed by atoms with Gasteiger partial charge in [-0.3, -0.25) is 0 Å². The molecule has 156 valence electrons. The molecule has 5 nitrogen and oxygen atoms in total. The van der Waals surface area contributed by atoms with Crippen LogP contribution in [0.2, 0.25) is 0 Å². The van der Waals surface area contributed by atoms with Crippen molar-refractivity contribution in [2.24, 2.45) is 0 Å². The molecule has 5 rings (SSSR count). The van der Waals surface area contributed by atoms with Crippen molar-refractivity contribution < 1.29 is 18.7 Å². The Labute approximate surface area is 175 Å². The number of rotatable bonds is 4. The van der Waals surface area contributed by atoms with Crippen LogP contribution in [0.15, 0.2) is 48.8 Å². The van der Waals surface area contributed by atoms with Crippen molar-refractivity contribution in [3.8, 4) is 22.4 Å². The normalized spacial score (nSPS) is 11.8. The first-order valence-electron chi connectivity index (χ1n) is 9.89. The smallest absolute Gasteiger partial charge is 0.352 e. The summed E-state index contributed by atoms with van der Waals surface area (Å²) in [6.07, 6.45) is 3.39. The SMILES string of the molecule is CC(C)c1c(-c2cc(F)cc3[nH]ccc23)[nH]c(C(=O)O)c1-c1c(F)ccc2[nH]ccc12. The molecule has 0 saturated heterocycles. The largest absolute Gasteiger partial charge is 0.477 e. The highest BCUT2D eigenvalue weighted by molar-refractivity contribution is 6.07. The standard InChI is InChI=1S/C24H19F2N3O2/c1-11(2)19-21(20-14-6-8-27-17(14)4-3-16(20)26)23(24(30)31)29-22(19)15-9-12(25)10-18-13(15)5-7-28-18/h3-11,27-29H,1-2H3,(H,30,31). The Balaban J connectivity index is 1.94. The highest BCUT2D eigenvalue weighted by atomic mass is 19.1. The number of carboxylic acid groups (broad SMARTS) is 1. The maximum Gasteiger partial charge on any atom is 0.352 e. The predicted molar refractivity (Wildman–Crippen MR) is 116 cm³/mol. The Morgan fingerprint density at radius 1 is 0.935 bits per heavy atom. The summed E-state index contributed by atoms with van der Waals surface area (Å²) in [5, 5.41) is 11.3. The molecule has 0 atom stereocenters. The lowest BCUT2D eigenvalue weighted by atomic mass is 9.88. The number of aromatic amines is 3. The van der Waals surface area contributed by atoms with E-state index in [2.05, 4.69) is 15.0 Å². The van der Waals surface area contributed by atoms with Crippen LogP contribution in [0.3, 0.4) is 0 Å². The summed E-state index contributed by atoms with van der Waals surface area (Å²) in [6, 6.07) is 9.23. The zero-order valence-electron chi connectivity index (χ0n) is 16.8. The number of carbonyl (C=O) groups is 1. The first-order valence-corrected chi connectivity index (χ1v) is 9.89. The molecule has 7 heteroatoms. The molecule has 0 amide bonds. The number of halogens is 2.